The van der Waals surface area contributed by atoms with Crippen LogP contribution in [0.4, 0.5) is 11.4 Å². The van der Waals surface area contributed by atoms with Crippen molar-refractivity contribution in [1.29, 1.82) is 0 Å². The first-order valence-electron chi connectivity index (χ1n) is 5.52. The van der Waals surface area contributed by atoms with Crippen LogP contribution in [-0.4, -0.2) is 17.9 Å². The Kier molecular flexibility index (Phi) is 2.83. The Labute approximate surface area is 99.2 Å². The van der Waals surface area contributed by atoms with E-state index in [0.717, 1.165) is 6.42 Å². The molecule has 0 aliphatic heterocycles. The van der Waals surface area contributed by atoms with Gasteiger partial charge >= 0.3 is 0 Å². The molecule has 1 aromatic rings. The molecule has 5 nitrogen and oxygen atoms in total. The smallest absolute Gasteiger partial charge is 0.271 e. The molecular weight excluding hydrogens is 220 g/mol. The van der Waals surface area contributed by atoms with Crippen molar-refractivity contribution in [1.82, 2.24) is 0 Å². The molecule has 0 unspecified atom stereocenters. The van der Waals surface area contributed by atoms with Gasteiger partial charge in [0.15, 0.2) is 0 Å². The van der Waals surface area contributed by atoms with E-state index in [4.69, 9.17) is 0 Å². The van der Waals surface area contributed by atoms with E-state index in [9.17, 15) is 14.9 Å². The zero-order chi connectivity index (χ0) is 12.6. The minimum Gasteiger partial charge on any atom is -0.315 e. The van der Waals surface area contributed by atoms with Gasteiger partial charge < -0.3 is 4.90 Å². The lowest BCUT2D eigenvalue weighted by molar-refractivity contribution is -0.384. The number of nitro groups is 1. The van der Waals surface area contributed by atoms with Gasteiger partial charge in [-0.3, -0.25) is 14.9 Å². The van der Waals surface area contributed by atoms with E-state index in [1.165, 1.54) is 17.0 Å². The number of nitro benzene ring substituents is 1. The molecule has 0 saturated heterocycles. The third-order valence-corrected chi connectivity index (χ3v) is 3.19. The molecule has 0 heterocycles. The molecule has 2 rings (SSSR count). The summed E-state index contributed by atoms with van der Waals surface area (Å²) in [5.74, 6) is 0.556. The standard InChI is InChI=1S/C12H14N2O3/c1-8-6-11(8)12(15)13(2)9-4-3-5-10(7-9)14(16)17/h3-5,7-8,11H,6H2,1-2H3/t8-,11+/m1/s1. The normalized spacial score (nSPS) is 22.0. The molecule has 17 heavy (non-hydrogen) atoms. The summed E-state index contributed by atoms with van der Waals surface area (Å²) in [6.07, 6.45) is 0.915. The van der Waals surface area contributed by atoms with Crippen LogP contribution < -0.4 is 4.90 Å². The summed E-state index contributed by atoms with van der Waals surface area (Å²) in [7, 11) is 1.66. The van der Waals surface area contributed by atoms with Crippen LogP contribution >= 0.6 is 0 Å². The second-order valence-corrected chi connectivity index (χ2v) is 4.49. The molecule has 1 saturated carbocycles. The van der Waals surface area contributed by atoms with Crippen LogP contribution in [0, 0.1) is 22.0 Å². The summed E-state index contributed by atoms with van der Waals surface area (Å²) >= 11 is 0. The Hall–Kier alpha value is -1.91. The van der Waals surface area contributed by atoms with Gasteiger partial charge in [0, 0.05) is 25.1 Å². The van der Waals surface area contributed by atoms with E-state index < -0.39 is 4.92 Å². The fraction of sp³-hybridized carbons (Fsp3) is 0.417. The van der Waals surface area contributed by atoms with Crippen molar-refractivity contribution < 1.29 is 9.72 Å². The maximum atomic E-state index is 12.0. The number of benzene rings is 1. The molecule has 0 N–H and O–H groups in total. The van der Waals surface area contributed by atoms with Crippen LogP contribution in [0.15, 0.2) is 24.3 Å². The predicted molar refractivity (Wildman–Crippen MR) is 63.8 cm³/mol. The molecule has 5 heteroatoms. The average molecular weight is 234 g/mol. The average Bonchev–Trinajstić information content (AvgIpc) is 3.04. The monoisotopic (exact) mass is 234 g/mol. The second-order valence-electron chi connectivity index (χ2n) is 4.49. The van der Waals surface area contributed by atoms with Gasteiger partial charge in [-0.2, -0.15) is 0 Å². The summed E-state index contributed by atoms with van der Waals surface area (Å²) in [4.78, 5) is 23.6. The van der Waals surface area contributed by atoms with Gasteiger partial charge in [-0.1, -0.05) is 13.0 Å². The van der Waals surface area contributed by atoms with Gasteiger partial charge in [-0.15, -0.1) is 0 Å². The number of anilines is 1. The molecule has 1 fully saturated rings. The first kappa shape index (κ1) is 11.6. The molecular formula is C12H14N2O3. The minimum atomic E-state index is -0.457. The highest BCUT2D eigenvalue weighted by Crippen LogP contribution is 2.39. The summed E-state index contributed by atoms with van der Waals surface area (Å²) < 4.78 is 0. The van der Waals surface area contributed by atoms with Gasteiger partial charge in [0.05, 0.1) is 10.6 Å². The Morgan fingerprint density at radius 3 is 2.71 bits per heavy atom. The number of carbonyl (C=O) groups excluding carboxylic acids is 1. The van der Waals surface area contributed by atoms with Gasteiger partial charge in [-0.05, 0) is 18.4 Å². The number of carbonyl (C=O) groups is 1. The quantitative estimate of drug-likeness (QED) is 0.595. The van der Waals surface area contributed by atoms with Crippen molar-refractivity contribution >= 4 is 17.3 Å². The van der Waals surface area contributed by atoms with Crippen molar-refractivity contribution in [2.75, 3.05) is 11.9 Å². The van der Waals surface area contributed by atoms with Gasteiger partial charge in [0.1, 0.15) is 0 Å². The number of rotatable bonds is 3. The van der Waals surface area contributed by atoms with E-state index in [0.29, 0.717) is 11.6 Å². The van der Waals surface area contributed by atoms with E-state index in [1.807, 2.05) is 6.92 Å². The van der Waals surface area contributed by atoms with Gasteiger partial charge in [0.25, 0.3) is 5.69 Å². The van der Waals surface area contributed by atoms with Crippen molar-refractivity contribution in [2.24, 2.45) is 11.8 Å². The topological polar surface area (TPSA) is 63.5 Å². The number of hydrogen-bond donors (Lipinski definition) is 0. The second kappa shape index (κ2) is 4.16. The van der Waals surface area contributed by atoms with Crippen LogP contribution in [0.2, 0.25) is 0 Å². The summed E-state index contributed by atoms with van der Waals surface area (Å²) in [6, 6.07) is 6.14. The highest BCUT2D eigenvalue weighted by atomic mass is 16.6. The maximum absolute atomic E-state index is 12.0. The number of hydrogen-bond acceptors (Lipinski definition) is 3. The third-order valence-electron chi connectivity index (χ3n) is 3.19. The molecule has 90 valence electrons. The van der Waals surface area contributed by atoms with E-state index in [2.05, 4.69) is 0 Å². The zero-order valence-electron chi connectivity index (χ0n) is 9.79. The third kappa shape index (κ3) is 2.27. The largest absolute Gasteiger partial charge is 0.315 e. The lowest BCUT2D eigenvalue weighted by atomic mass is 10.2. The Bertz CT molecular complexity index is 473. The molecule has 0 bridgehead atoms. The van der Waals surface area contributed by atoms with Crippen LogP contribution in [0.1, 0.15) is 13.3 Å². The Morgan fingerprint density at radius 2 is 2.18 bits per heavy atom. The molecule has 0 radical (unpaired) electrons. The summed E-state index contributed by atoms with van der Waals surface area (Å²) in [5.41, 5.74) is 0.578. The molecule has 0 aromatic heterocycles. The van der Waals surface area contributed by atoms with E-state index >= 15 is 0 Å². The number of nitrogens with zero attached hydrogens (tertiary/aromatic N) is 2. The van der Waals surface area contributed by atoms with Crippen molar-refractivity contribution in [3.8, 4) is 0 Å². The predicted octanol–water partition coefficient (Wildman–Crippen LogP) is 2.21. The molecule has 1 aliphatic rings. The zero-order valence-corrected chi connectivity index (χ0v) is 9.79. The van der Waals surface area contributed by atoms with E-state index in [1.54, 1.807) is 19.2 Å². The van der Waals surface area contributed by atoms with Crippen molar-refractivity contribution in [2.45, 2.75) is 13.3 Å². The fourth-order valence-corrected chi connectivity index (χ4v) is 1.86. The summed E-state index contributed by atoms with van der Waals surface area (Å²) in [6.45, 7) is 2.03. The number of amides is 1. The minimum absolute atomic E-state index is 0.00555. The van der Waals surface area contributed by atoms with Gasteiger partial charge in [-0.25, -0.2) is 0 Å². The van der Waals surface area contributed by atoms with Crippen LogP contribution in [0.25, 0.3) is 0 Å². The number of non-ortho nitro benzene ring substituents is 1. The highest BCUT2D eigenvalue weighted by molar-refractivity contribution is 5.96. The van der Waals surface area contributed by atoms with Crippen molar-refractivity contribution in [3.05, 3.63) is 34.4 Å². The highest BCUT2D eigenvalue weighted by Gasteiger charge is 2.41. The van der Waals surface area contributed by atoms with Crippen LogP contribution in [-0.2, 0) is 4.79 Å². The molecule has 2 atom stereocenters. The lowest BCUT2D eigenvalue weighted by Gasteiger charge is -2.16. The van der Waals surface area contributed by atoms with Crippen LogP contribution in [0.5, 0.6) is 0 Å². The van der Waals surface area contributed by atoms with Gasteiger partial charge in [0.2, 0.25) is 5.91 Å². The first-order chi connectivity index (χ1) is 8.00. The molecule has 0 spiro atoms. The molecule has 1 aromatic carbocycles. The Morgan fingerprint density at radius 1 is 1.53 bits per heavy atom. The fourth-order valence-electron chi connectivity index (χ4n) is 1.86. The SMILES string of the molecule is C[C@@H]1C[C@@H]1C(=O)N(C)c1cccc([N+](=O)[O-])c1. The first-order valence-corrected chi connectivity index (χ1v) is 5.52. The maximum Gasteiger partial charge on any atom is 0.271 e. The lowest BCUT2D eigenvalue weighted by Crippen LogP contribution is -2.28. The van der Waals surface area contributed by atoms with E-state index in [-0.39, 0.29) is 17.5 Å². The molecule has 1 amide bonds. The van der Waals surface area contributed by atoms with Crippen LogP contribution in [0.3, 0.4) is 0 Å². The van der Waals surface area contributed by atoms with Crippen molar-refractivity contribution in [3.63, 3.8) is 0 Å². The molecule has 1 aliphatic carbocycles. The Balaban J connectivity index is 2.18. The summed E-state index contributed by atoms with van der Waals surface area (Å²) in [5, 5.41) is 10.6.